The number of carbonyl (C=O) groups excluding carboxylic acids is 4. The van der Waals surface area contributed by atoms with Crippen molar-refractivity contribution in [1.82, 2.24) is 21.3 Å². The molecule has 0 spiro atoms. The summed E-state index contributed by atoms with van der Waals surface area (Å²) >= 11 is 0. The molecule has 0 atom stereocenters. The highest BCUT2D eigenvalue weighted by Gasteiger charge is 2.34. The maximum absolute atomic E-state index is 12.5. The molecule has 0 rings (SSSR count). The number of nitrogens with one attached hydrogen (secondary N) is 4. The van der Waals surface area contributed by atoms with Crippen LogP contribution < -0.4 is 21.3 Å². The van der Waals surface area contributed by atoms with Gasteiger partial charge in [0, 0.05) is 26.2 Å². The van der Waals surface area contributed by atoms with Gasteiger partial charge < -0.3 is 49.7 Å². The fourth-order valence-corrected chi connectivity index (χ4v) is 4.26. The third kappa shape index (κ3) is 28.4. The standard InChI is InChI=1S/C33H58N6O10/c1-4-33(24-47-30(41)37-18-13-7-9-15-21-44-26-34,25-48-31(42)38-19-14-8-10-16-22-45-27-35)23-46-29(40)36-17-11-5-6-12-20-39-32(43)49-28(2)3/h28H,4-25H2,1-3H3,(H,36,40)(H,37,41)(H,38,42)(H,39,43). The van der Waals surface area contributed by atoms with Crippen molar-refractivity contribution in [2.24, 2.45) is 5.41 Å². The Kier molecular flexibility index (Phi) is 28.2. The Morgan fingerprint density at radius 2 is 0.878 bits per heavy atom. The molecule has 4 amide bonds. The molecule has 4 N–H and O–H groups in total. The Morgan fingerprint density at radius 3 is 1.18 bits per heavy atom. The number of ether oxygens (including phenoxy) is 6. The van der Waals surface area contributed by atoms with Crippen molar-refractivity contribution in [3.8, 4) is 12.5 Å². The lowest BCUT2D eigenvalue weighted by atomic mass is 9.88. The predicted molar refractivity (Wildman–Crippen MR) is 179 cm³/mol. The summed E-state index contributed by atoms with van der Waals surface area (Å²) in [4.78, 5) is 48.8. The van der Waals surface area contributed by atoms with Crippen molar-refractivity contribution >= 4 is 24.4 Å². The lowest BCUT2D eigenvalue weighted by Gasteiger charge is -2.31. The van der Waals surface area contributed by atoms with Crippen LogP contribution in [0, 0.1) is 28.4 Å². The fraction of sp³-hybridized carbons (Fsp3) is 0.818. The second kappa shape index (κ2) is 31.0. The quantitative estimate of drug-likeness (QED) is 0.0440. The largest absolute Gasteiger partial charge is 0.449 e. The molecule has 0 aliphatic rings. The summed E-state index contributed by atoms with van der Waals surface area (Å²) in [7, 11) is 0. The molecule has 16 nitrogen and oxygen atoms in total. The monoisotopic (exact) mass is 698 g/mol. The zero-order valence-electron chi connectivity index (χ0n) is 29.6. The van der Waals surface area contributed by atoms with E-state index in [4.69, 9.17) is 29.5 Å². The highest BCUT2D eigenvalue weighted by molar-refractivity contribution is 5.68. The van der Waals surface area contributed by atoms with Gasteiger partial charge in [0.1, 0.15) is 33.0 Å². The van der Waals surface area contributed by atoms with Crippen molar-refractivity contribution in [2.45, 2.75) is 110 Å². The molecule has 49 heavy (non-hydrogen) atoms. The van der Waals surface area contributed by atoms with Gasteiger partial charge in [0.2, 0.25) is 0 Å². The van der Waals surface area contributed by atoms with Gasteiger partial charge in [-0.1, -0.05) is 32.6 Å². The molecular formula is C33H58N6O10. The minimum atomic E-state index is -0.975. The van der Waals surface area contributed by atoms with Gasteiger partial charge in [-0.15, -0.1) is 0 Å². The number of alkyl carbamates (subject to hydrolysis) is 4. The molecule has 0 aromatic heterocycles. The van der Waals surface area contributed by atoms with E-state index < -0.39 is 29.8 Å². The van der Waals surface area contributed by atoms with Gasteiger partial charge in [-0.2, -0.15) is 10.5 Å². The Labute approximate surface area is 291 Å². The van der Waals surface area contributed by atoms with Gasteiger partial charge in [0.05, 0.1) is 11.5 Å². The molecule has 280 valence electrons. The second-order valence-electron chi connectivity index (χ2n) is 11.9. The Balaban J connectivity index is 4.69. The first-order valence-electron chi connectivity index (χ1n) is 17.4. The molecule has 0 saturated heterocycles. The highest BCUT2D eigenvalue weighted by Crippen LogP contribution is 2.24. The summed E-state index contributed by atoms with van der Waals surface area (Å²) in [5, 5.41) is 27.6. The first-order chi connectivity index (χ1) is 23.7. The number of hydrogen-bond donors (Lipinski definition) is 4. The molecule has 0 aromatic rings. The number of amides is 4. The minimum Gasteiger partial charge on any atom is -0.449 e. The van der Waals surface area contributed by atoms with Crippen molar-refractivity contribution in [3.05, 3.63) is 0 Å². The summed E-state index contributed by atoms with van der Waals surface area (Å²) in [6.45, 7) is 7.43. The van der Waals surface area contributed by atoms with Crippen LogP contribution in [-0.2, 0) is 28.4 Å². The number of unbranched alkanes of at least 4 members (excludes halogenated alkanes) is 9. The van der Waals surface area contributed by atoms with Crippen molar-refractivity contribution in [1.29, 1.82) is 10.5 Å². The summed E-state index contributed by atoms with van der Waals surface area (Å²) in [5.74, 6) is 0. The lowest BCUT2D eigenvalue weighted by Crippen LogP contribution is -2.42. The molecule has 0 heterocycles. The van der Waals surface area contributed by atoms with Gasteiger partial charge in [0.15, 0.2) is 0 Å². The SMILES string of the molecule is CCC(COC(=O)NCCCCCCNC(=O)OC(C)C)(COC(=O)NCCCCCCOC#N)COC(=O)NCCCCCCOC#N. The fourth-order valence-electron chi connectivity index (χ4n) is 4.26. The van der Waals surface area contributed by atoms with E-state index >= 15 is 0 Å². The number of nitriles is 2. The van der Waals surface area contributed by atoms with E-state index in [2.05, 4.69) is 30.7 Å². The van der Waals surface area contributed by atoms with E-state index in [0.717, 1.165) is 77.0 Å². The van der Waals surface area contributed by atoms with Crippen LogP contribution in [-0.4, -0.2) is 89.7 Å². The van der Waals surface area contributed by atoms with Crippen LogP contribution in [0.1, 0.15) is 104 Å². The molecule has 0 bridgehead atoms. The molecule has 0 fully saturated rings. The molecule has 0 radical (unpaired) electrons. The normalized spacial score (nSPS) is 10.6. The molecule has 0 aliphatic heterocycles. The van der Waals surface area contributed by atoms with Crippen LogP contribution in [0.3, 0.4) is 0 Å². The summed E-state index contributed by atoms with van der Waals surface area (Å²) < 4.78 is 30.7. The van der Waals surface area contributed by atoms with Gasteiger partial charge in [-0.3, -0.25) is 0 Å². The van der Waals surface area contributed by atoms with Crippen molar-refractivity contribution in [3.63, 3.8) is 0 Å². The third-order valence-electron chi connectivity index (χ3n) is 7.28. The van der Waals surface area contributed by atoms with E-state index in [1.807, 2.05) is 6.92 Å². The third-order valence-corrected chi connectivity index (χ3v) is 7.28. The number of rotatable bonds is 29. The molecule has 0 aromatic carbocycles. The average Bonchev–Trinajstić information content (AvgIpc) is 3.07. The first kappa shape index (κ1) is 44.7. The summed E-state index contributed by atoms with van der Waals surface area (Å²) in [6.07, 6.45) is 10.8. The zero-order valence-corrected chi connectivity index (χ0v) is 29.6. The predicted octanol–water partition coefficient (Wildman–Crippen LogP) is 5.37. The van der Waals surface area contributed by atoms with Crippen molar-refractivity contribution in [2.75, 3.05) is 59.2 Å². The van der Waals surface area contributed by atoms with Gasteiger partial charge >= 0.3 is 24.4 Å². The first-order valence-corrected chi connectivity index (χ1v) is 17.4. The maximum atomic E-state index is 12.5. The van der Waals surface area contributed by atoms with Crippen LogP contribution in [0.15, 0.2) is 0 Å². The molecular weight excluding hydrogens is 640 g/mol. The van der Waals surface area contributed by atoms with E-state index in [1.165, 1.54) is 0 Å². The van der Waals surface area contributed by atoms with Gasteiger partial charge in [-0.25, -0.2) is 19.2 Å². The molecule has 0 unspecified atom stereocenters. The van der Waals surface area contributed by atoms with E-state index in [0.29, 0.717) is 45.8 Å². The molecule has 0 aliphatic carbocycles. The average molecular weight is 699 g/mol. The van der Waals surface area contributed by atoms with Crippen LogP contribution in [0.5, 0.6) is 0 Å². The van der Waals surface area contributed by atoms with Gasteiger partial charge in [0.25, 0.3) is 12.5 Å². The summed E-state index contributed by atoms with van der Waals surface area (Å²) in [6, 6.07) is 0. The lowest BCUT2D eigenvalue weighted by molar-refractivity contribution is -0.0175. The number of nitrogens with zero attached hydrogens (tertiary/aromatic N) is 2. The van der Waals surface area contributed by atoms with E-state index in [1.54, 1.807) is 26.4 Å². The Hall–Kier alpha value is -4.34. The Morgan fingerprint density at radius 1 is 0.551 bits per heavy atom. The number of carbonyl (C=O) groups is 4. The van der Waals surface area contributed by atoms with Crippen LogP contribution >= 0.6 is 0 Å². The number of hydrogen-bond acceptors (Lipinski definition) is 12. The van der Waals surface area contributed by atoms with Gasteiger partial charge in [-0.05, 0) is 71.6 Å². The van der Waals surface area contributed by atoms with Crippen molar-refractivity contribution < 1.29 is 47.6 Å². The topological polar surface area (TPSA) is 219 Å². The maximum Gasteiger partial charge on any atom is 0.407 e. The Bertz CT molecular complexity index is 940. The zero-order chi connectivity index (χ0) is 36.4. The van der Waals surface area contributed by atoms with E-state index in [9.17, 15) is 19.2 Å². The minimum absolute atomic E-state index is 0.148. The van der Waals surface area contributed by atoms with Crippen LogP contribution in [0.2, 0.25) is 0 Å². The van der Waals surface area contributed by atoms with Crippen LogP contribution in [0.4, 0.5) is 19.2 Å². The summed E-state index contributed by atoms with van der Waals surface area (Å²) in [5.41, 5.74) is -0.975. The van der Waals surface area contributed by atoms with Crippen LogP contribution in [0.25, 0.3) is 0 Å². The second-order valence-corrected chi connectivity index (χ2v) is 11.9. The molecule has 16 heteroatoms. The molecule has 0 saturated carbocycles. The highest BCUT2D eigenvalue weighted by atomic mass is 16.6. The van der Waals surface area contributed by atoms with E-state index in [-0.39, 0.29) is 25.9 Å². The smallest absolute Gasteiger partial charge is 0.407 e.